The fraction of sp³-hybridized carbons (Fsp3) is 0.100. The summed E-state index contributed by atoms with van der Waals surface area (Å²) in [5.41, 5.74) is 0.582. The average molecular weight is 417 g/mol. The number of alkyl halides is 3. The van der Waals surface area contributed by atoms with Crippen LogP contribution in [-0.2, 0) is 6.18 Å². The number of nitrogens with zero attached hydrogens (tertiary/aromatic N) is 3. The average Bonchev–Trinajstić information content (AvgIpc) is 3.46. The van der Waals surface area contributed by atoms with Gasteiger partial charge in [0.25, 0.3) is 0 Å². The zero-order chi connectivity index (χ0) is 20.4. The van der Waals surface area contributed by atoms with Crippen molar-refractivity contribution in [3.8, 4) is 22.1 Å². The Morgan fingerprint density at radius 2 is 1.93 bits per heavy atom. The number of rotatable bonds is 5. The van der Waals surface area contributed by atoms with E-state index in [2.05, 4.69) is 10.1 Å². The van der Waals surface area contributed by atoms with Crippen LogP contribution >= 0.6 is 11.3 Å². The highest BCUT2D eigenvalue weighted by atomic mass is 32.1. The van der Waals surface area contributed by atoms with Gasteiger partial charge in [0.2, 0.25) is 5.13 Å². The predicted molar refractivity (Wildman–Crippen MR) is 104 cm³/mol. The lowest BCUT2D eigenvalue weighted by molar-refractivity contribution is -0.142. The summed E-state index contributed by atoms with van der Waals surface area (Å²) in [5, 5.41) is 5.89. The van der Waals surface area contributed by atoms with E-state index in [0.717, 1.165) is 27.6 Å². The Hall–Kier alpha value is -3.33. The van der Waals surface area contributed by atoms with E-state index in [1.807, 2.05) is 0 Å². The van der Waals surface area contributed by atoms with Crippen LogP contribution in [0.5, 0.6) is 5.75 Å². The minimum absolute atomic E-state index is 0.126. The lowest BCUT2D eigenvalue weighted by Crippen LogP contribution is -2.13. The number of aromatic nitrogens is 3. The molecule has 4 rings (SSSR count). The summed E-state index contributed by atoms with van der Waals surface area (Å²) in [6.07, 6.45) is -0.0779. The maximum Gasteiger partial charge on any atom is 0.433 e. The molecule has 0 aliphatic rings. The second kappa shape index (κ2) is 7.59. The molecule has 5 nitrogen and oxygen atoms in total. The third kappa shape index (κ3) is 4.09. The van der Waals surface area contributed by atoms with Crippen LogP contribution in [0.2, 0.25) is 0 Å². The van der Waals surface area contributed by atoms with Crippen LogP contribution in [0.3, 0.4) is 0 Å². The number of furan rings is 1. The SMILES string of the molecule is COc1ccc(-c2csc(-n3nc(/C=C\c4ccco4)cc3C(F)(F)F)n2)cc1. The van der Waals surface area contributed by atoms with Crippen molar-refractivity contribution in [3.63, 3.8) is 0 Å². The van der Waals surface area contributed by atoms with Crippen LogP contribution in [0.25, 0.3) is 28.5 Å². The molecule has 148 valence electrons. The molecule has 0 unspecified atom stereocenters. The zero-order valence-corrected chi connectivity index (χ0v) is 15.9. The van der Waals surface area contributed by atoms with Gasteiger partial charge in [-0.2, -0.15) is 18.3 Å². The van der Waals surface area contributed by atoms with Crippen molar-refractivity contribution in [1.29, 1.82) is 0 Å². The maximum absolute atomic E-state index is 13.5. The molecule has 0 aliphatic carbocycles. The standard InChI is InChI=1S/C20H14F3N3O2S/c1-27-15-7-4-13(5-8-15)17-12-29-19(24-17)26-18(20(21,22)23)11-14(25-26)6-9-16-3-2-10-28-16/h2-12H,1H3/b9-6-. The molecule has 0 radical (unpaired) electrons. The highest BCUT2D eigenvalue weighted by Crippen LogP contribution is 2.34. The summed E-state index contributed by atoms with van der Waals surface area (Å²) < 4.78 is 51.7. The van der Waals surface area contributed by atoms with Gasteiger partial charge in [0, 0.05) is 10.9 Å². The zero-order valence-electron chi connectivity index (χ0n) is 15.1. The van der Waals surface area contributed by atoms with Gasteiger partial charge in [-0.25, -0.2) is 9.67 Å². The van der Waals surface area contributed by atoms with Crippen molar-refractivity contribution < 1.29 is 22.3 Å². The van der Waals surface area contributed by atoms with Gasteiger partial charge in [0.1, 0.15) is 11.5 Å². The largest absolute Gasteiger partial charge is 0.497 e. The van der Waals surface area contributed by atoms with E-state index in [1.165, 1.54) is 12.3 Å². The fourth-order valence-corrected chi connectivity index (χ4v) is 3.43. The lowest BCUT2D eigenvalue weighted by Gasteiger charge is -2.07. The van der Waals surface area contributed by atoms with Crippen molar-refractivity contribution in [3.05, 3.63) is 71.3 Å². The highest BCUT2D eigenvalue weighted by Gasteiger charge is 2.36. The summed E-state index contributed by atoms with van der Waals surface area (Å²) in [6, 6.07) is 11.5. The number of thiazole rings is 1. The molecule has 0 bridgehead atoms. The van der Waals surface area contributed by atoms with Crippen LogP contribution in [0.4, 0.5) is 13.2 Å². The van der Waals surface area contributed by atoms with Gasteiger partial charge in [-0.15, -0.1) is 11.3 Å². The number of ether oxygens (including phenoxy) is 1. The topological polar surface area (TPSA) is 53.1 Å². The number of methoxy groups -OCH3 is 1. The maximum atomic E-state index is 13.5. The predicted octanol–water partition coefficient (Wildman–Crippen LogP) is 5.79. The summed E-state index contributed by atoms with van der Waals surface area (Å²) in [4.78, 5) is 4.34. The normalized spacial score (nSPS) is 12.0. The molecule has 29 heavy (non-hydrogen) atoms. The Morgan fingerprint density at radius 1 is 1.14 bits per heavy atom. The number of benzene rings is 1. The minimum atomic E-state index is -4.57. The molecule has 4 aromatic rings. The van der Waals surface area contributed by atoms with Crippen molar-refractivity contribution in [1.82, 2.24) is 14.8 Å². The van der Waals surface area contributed by atoms with E-state index in [0.29, 0.717) is 17.2 Å². The van der Waals surface area contributed by atoms with Crippen LogP contribution in [0, 0.1) is 0 Å². The second-order valence-electron chi connectivity index (χ2n) is 5.96. The Bertz CT molecular complexity index is 1130. The van der Waals surface area contributed by atoms with E-state index in [1.54, 1.807) is 55.0 Å². The van der Waals surface area contributed by atoms with E-state index in [9.17, 15) is 13.2 Å². The van der Waals surface area contributed by atoms with Gasteiger partial charge >= 0.3 is 6.18 Å². The van der Waals surface area contributed by atoms with Crippen LogP contribution in [-0.4, -0.2) is 21.9 Å². The van der Waals surface area contributed by atoms with Gasteiger partial charge in [0.05, 0.1) is 24.8 Å². The first kappa shape index (κ1) is 19.0. The Morgan fingerprint density at radius 3 is 2.59 bits per heavy atom. The smallest absolute Gasteiger partial charge is 0.433 e. The summed E-state index contributed by atoms with van der Waals surface area (Å²) in [7, 11) is 1.56. The van der Waals surface area contributed by atoms with Crippen molar-refractivity contribution in [2.75, 3.05) is 7.11 Å². The molecule has 3 aromatic heterocycles. The Kier molecular flexibility index (Phi) is 4.98. The van der Waals surface area contributed by atoms with Gasteiger partial charge in [-0.3, -0.25) is 0 Å². The molecular weight excluding hydrogens is 403 g/mol. The first-order valence-electron chi connectivity index (χ1n) is 8.43. The minimum Gasteiger partial charge on any atom is -0.497 e. The molecule has 1 aromatic carbocycles. The summed E-state index contributed by atoms with van der Waals surface area (Å²) in [5.74, 6) is 1.20. The third-order valence-corrected chi connectivity index (χ3v) is 4.86. The monoisotopic (exact) mass is 417 g/mol. The van der Waals surface area contributed by atoms with Crippen molar-refractivity contribution in [2.45, 2.75) is 6.18 Å². The van der Waals surface area contributed by atoms with Gasteiger partial charge in [-0.1, -0.05) is 0 Å². The van der Waals surface area contributed by atoms with E-state index >= 15 is 0 Å². The Balaban J connectivity index is 1.69. The Labute approximate surface area is 167 Å². The molecule has 0 aliphatic heterocycles. The van der Waals surface area contributed by atoms with Gasteiger partial charge < -0.3 is 9.15 Å². The van der Waals surface area contributed by atoms with Crippen LogP contribution in [0.15, 0.2) is 58.5 Å². The summed E-state index contributed by atoms with van der Waals surface area (Å²) >= 11 is 1.08. The fourth-order valence-electron chi connectivity index (χ4n) is 2.64. The molecule has 3 heterocycles. The molecule has 0 fully saturated rings. The number of hydrogen-bond donors (Lipinski definition) is 0. The molecule has 0 amide bonds. The quantitative estimate of drug-likeness (QED) is 0.413. The molecule has 0 saturated heterocycles. The molecular formula is C20H14F3N3O2S. The summed E-state index contributed by atoms with van der Waals surface area (Å²) in [6.45, 7) is 0. The first-order valence-corrected chi connectivity index (χ1v) is 9.31. The van der Waals surface area contributed by atoms with Crippen molar-refractivity contribution in [2.24, 2.45) is 0 Å². The van der Waals surface area contributed by atoms with Crippen LogP contribution in [0.1, 0.15) is 17.1 Å². The second-order valence-corrected chi connectivity index (χ2v) is 6.79. The molecule has 0 N–H and O–H groups in total. The van der Waals surface area contributed by atoms with Gasteiger partial charge in [-0.05, 0) is 54.6 Å². The van der Waals surface area contributed by atoms with E-state index < -0.39 is 11.9 Å². The highest BCUT2D eigenvalue weighted by molar-refractivity contribution is 7.12. The van der Waals surface area contributed by atoms with Crippen molar-refractivity contribution >= 4 is 23.5 Å². The van der Waals surface area contributed by atoms with Crippen LogP contribution < -0.4 is 4.74 Å². The van der Waals surface area contributed by atoms with E-state index in [4.69, 9.17) is 9.15 Å². The molecule has 0 saturated carbocycles. The van der Waals surface area contributed by atoms with Gasteiger partial charge in [0.15, 0.2) is 5.69 Å². The third-order valence-electron chi connectivity index (χ3n) is 4.04. The first-order chi connectivity index (χ1) is 13.9. The molecule has 9 heteroatoms. The molecule has 0 atom stereocenters. The number of hydrogen-bond acceptors (Lipinski definition) is 5. The number of halogens is 3. The molecule has 0 spiro atoms. The lowest BCUT2D eigenvalue weighted by atomic mass is 10.2. The van der Waals surface area contributed by atoms with E-state index in [-0.39, 0.29) is 10.8 Å².